The third kappa shape index (κ3) is 3.62. The van der Waals surface area contributed by atoms with E-state index in [1.807, 2.05) is 12.1 Å². The molecule has 1 fully saturated rings. The number of phenolic OH excluding ortho intramolecular Hbond substituents is 1. The van der Waals surface area contributed by atoms with Gasteiger partial charge in [0, 0.05) is 25.8 Å². The maximum Gasteiger partial charge on any atom is 0.262 e. The maximum absolute atomic E-state index is 12.9. The van der Waals surface area contributed by atoms with Crippen LogP contribution in [0.5, 0.6) is 5.75 Å². The zero-order valence-corrected chi connectivity index (χ0v) is 14.6. The molecule has 1 aliphatic heterocycles. The molecule has 130 valence electrons. The van der Waals surface area contributed by atoms with Gasteiger partial charge in [0.25, 0.3) is 10.0 Å². The van der Waals surface area contributed by atoms with E-state index >= 15 is 0 Å². The summed E-state index contributed by atoms with van der Waals surface area (Å²) in [6, 6.07) is 7.10. The Morgan fingerprint density at radius 3 is 2.67 bits per heavy atom. The monoisotopic (exact) mass is 349 g/mol. The number of aryl methyl sites for hydroxylation is 2. The van der Waals surface area contributed by atoms with E-state index in [2.05, 4.69) is 4.98 Å². The average Bonchev–Trinajstić information content (AvgIpc) is 3.02. The largest absolute Gasteiger partial charge is 0.508 e. The molecule has 24 heavy (non-hydrogen) atoms. The molecule has 1 unspecified atom stereocenters. The summed E-state index contributed by atoms with van der Waals surface area (Å²) in [6.45, 7) is 0.555. The normalized spacial score (nSPS) is 19.5. The molecule has 1 aromatic heterocycles. The van der Waals surface area contributed by atoms with Gasteiger partial charge in [0.1, 0.15) is 5.75 Å². The van der Waals surface area contributed by atoms with Crippen molar-refractivity contribution in [2.24, 2.45) is 7.05 Å². The summed E-state index contributed by atoms with van der Waals surface area (Å²) in [5.74, 6) is 0.246. The number of aromatic hydroxyl groups is 1. The third-order valence-electron chi connectivity index (χ3n) is 4.53. The molecule has 1 N–H and O–H groups in total. The zero-order chi connectivity index (χ0) is 17.2. The lowest BCUT2D eigenvalue weighted by atomic mass is 9.98. The summed E-state index contributed by atoms with van der Waals surface area (Å²) in [6.07, 6.45) is 7.46. The summed E-state index contributed by atoms with van der Waals surface area (Å²) in [7, 11) is -1.77. The Morgan fingerprint density at radius 2 is 2.00 bits per heavy atom. The van der Waals surface area contributed by atoms with Crippen molar-refractivity contribution in [3.8, 4) is 5.75 Å². The topological polar surface area (TPSA) is 75.4 Å². The fourth-order valence-electron chi connectivity index (χ4n) is 3.22. The molecule has 0 saturated carbocycles. The van der Waals surface area contributed by atoms with Gasteiger partial charge < -0.3 is 9.67 Å². The first-order chi connectivity index (χ1) is 11.5. The van der Waals surface area contributed by atoms with Crippen LogP contribution in [0.25, 0.3) is 0 Å². The number of phenols is 1. The summed E-state index contributed by atoms with van der Waals surface area (Å²) in [5.41, 5.74) is 1.11. The van der Waals surface area contributed by atoms with Crippen LogP contribution in [-0.2, 0) is 23.5 Å². The quantitative estimate of drug-likeness (QED) is 0.899. The standard InChI is InChI=1S/C17H23N3O3S/c1-19-12-17(18-13-19)24(22,23)20-11-3-2-4-15(20)8-5-14-6-9-16(21)10-7-14/h6-7,9-10,12-13,15,21H,2-5,8,11H2,1H3. The summed E-state index contributed by atoms with van der Waals surface area (Å²) < 4.78 is 29.0. The minimum atomic E-state index is -3.54. The van der Waals surface area contributed by atoms with Crippen LogP contribution in [0, 0.1) is 0 Å². The average molecular weight is 349 g/mol. The second kappa shape index (κ2) is 6.94. The molecule has 7 heteroatoms. The molecule has 6 nitrogen and oxygen atoms in total. The first-order valence-corrected chi connectivity index (χ1v) is 9.68. The Morgan fingerprint density at radius 1 is 1.25 bits per heavy atom. The third-order valence-corrected chi connectivity index (χ3v) is 6.37. The second-order valence-corrected chi connectivity index (χ2v) is 8.19. The Bertz CT molecular complexity index is 784. The highest BCUT2D eigenvalue weighted by Gasteiger charge is 2.34. The van der Waals surface area contributed by atoms with Crippen LogP contribution in [0.15, 0.2) is 41.8 Å². The van der Waals surface area contributed by atoms with Crippen molar-refractivity contribution in [3.63, 3.8) is 0 Å². The Hall–Kier alpha value is -1.86. The van der Waals surface area contributed by atoms with E-state index in [0.29, 0.717) is 6.54 Å². The Kier molecular flexibility index (Phi) is 4.91. The summed E-state index contributed by atoms with van der Waals surface area (Å²) >= 11 is 0. The number of nitrogens with zero attached hydrogens (tertiary/aromatic N) is 3. The van der Waals surface area contributed by atoms with Gasteiger partial charge >= 0.3 is 0 Å². The van der Waals surface area contributed by atoms with Crippen LogP contribution < -0.4 is 0 Å². The SMILES string of the molecule is Cn1cnc(S(=O)(=O)N2CCCCC2CCc2ccc(O)cc2)c1. The molecule has 1 saturated heterocycles. The fraction of sp³-hybridized carbons (Fsp3) is 0.471. The first kappa shape index (κ1) is 17.0. The van der Waals surface area contributed by atoms with E-state index in [0.717, 1.165) is 37.7 Å². The van der Waals surface area contributed by atoms with Crippen molar-refractivity contribution in [1.82, 2.24) is 13.9 Å². The first-order valence-electron chi connectivity index (χ1n) is 8.24. The van der Waals surface area contributed by atoms with Crippen molar-refractivity contribution in [3.05, 3.63) is 42.4 Å². The molecule has 3 rings (SSSR count). The van der Waals surface area contributed by atoms with Crippen LogP contribution >= 0.6 is 0 Å². The Balaban J connectivity index is 1.74. The second-order valence-electron chi connectivity index (χ2n) is 6.35. The molecular weight excluding hydrogens is 326 g/mol. The molecule has 1 atom stereocenters. The molecule has 0 spiro atoms. The van der Waals surface area contributed by atoms with Crippen LogP contribution in [0.2, 0.25) is 0 Å². The Labute approximate surface area is 142 Å². The molecule has 0 aliphatic carbocycles. The van der Waals surface area contributed by atoms with E-state index in [-0.39, 0.29) is 16.8 Å². The van der Waals surface area contributed by atoms with Gasteiger partial charge in [-0.05, 0) is 43.4 Å². The number of benzene rings is 1. The van der Waals surface area contributed by atoms with E-state index in [4.69, 9.17) is 0 Å². The molecule has 2 aromatic rings. The van der Waals surface area contributed by atoms with Gasteiger partial charge in [0.2, 0.25) is 0 Å². The number of hydrogen-bond acceptors (Lipinski definition) is 4. The summed E-state index contributed by atoms with van der Waals surface area (Å²) in [5, 5.41) is 9.48. The van der Waals surface area contributed by atoms with Crippen LogP contribution in [-0.4, -0.2) is 40.0 Å². The van der Waals surface area contributed by atoms with Crippen molar-refractivity contribution < 1.29 is 13.5 Å². The van der Waals surface area contributed by atoms with Gasteiger partial charge in [-0.25, -0.2) is 13.4 Å². The molecule has 0 amide bonds. The highest BCUT2D eigenvalue weighted by Crippen LogP contribution is 2.27. The van der Waals surface area contributed by atoms with Gasteiger partial charge in [-0.1, -0.05) is 18.6 Å². The summed E-state index contributed by atoms with van der Waals surface area (Å²) in [4.78, 5) is 4.03. The maximum atomic E-state index is 12.9. The minimum Gasteiger partial charge on any atom is -0.508 e. The highest BCUT2D eigenvalue weighted by atomic mass is 32.2. The number of aromatic nitrogens is 2. The molecule has 1 aliphatic rings. The molecule has 1 aromatic carbocycles. The molecular formula is C17H23N3O3S. The number of hydrogen-bond donors (Lipinski definition) is 1. The van der Waals surface area contributed by atoms with E-state index in [1.54, 1.807) is 34.2 Å². The van der Waals surface area contributed by atoms with E-state index in [1.165, 1.54) is 6.33 Å². The van der Waals surface area contributed by atoms with Crippen LogP contribution in [0.3, 0.4) is 0 Å². The van der Waals surface area contributed by atoms with Gasteiger partial charge in [-0.3, -0.25) is 0 Å². The lowest BCUT2D eigenvalue weighted by Gasteiger charge is -2.34. The van der Waals surface area contributed by atoms with Gasteiger partial charge in [0.05, 0.1) is 6.33 Å². The highest BCUT2D eigenvalue weighted by molar-refractivity contribution is 7.89. The van der Waals surface area contributed by atoms with Crippen molar-refractivity contribution >= 4 is 10.0 Å². The minimum absolute atomic E-state index is 0.000408. The van der Waals surface area contributed by atoms with Crippen LogP contribution in [0.4, 0.5) is 0 Å². The molecule has 2 heterocycles. The number of imidazole rings is 1. The number of sulfonamides is 1. The van der Waals surface area contributed by atoms with Gasteiger partial charge in [-0.15, -0.1) is 0 Å². The molecule has 0 bridgehead atoms. The van der Waals surface area contributed by atoms with E-state index in [9.17, 15) is 13.5 Å². The lowest BCUT2D eigenvalue weighted by Crippen LogP contribution is -2.44. The number of piperidine rings is 1. The van der Waals surface area contributed by atoms with Gasteiger partial charge in [-0.2, -0.15) is 4.31 Å². The predicted molar refractivity (Wildman–Crippen MR) is 91.2 cm³/mol. The van der Waals surface area contributed by atoms with Crippen molar-refractivity contribution in [2.75, 3.05) is 6.54 Å². The lowest BCUT2D eigenvalue weighted by molar-refractivity contribution is 0.240. The number of rotatable bonds is 5. The van der Waals surface area contributed by atoms with Gasteiger partial charge in [0.15, 0.2) is 5.03 Å². The molecule has 0 radical (unpaired) electrons. The fourth-order valence-corrected chi connectivity index (χ4v) is 4.91. The van der Waals surface area contributed by atoms with Crippen LogP contribution in [0.1, 0.15) is 31.2 Å². The van der Waals surface area contributed by atoms with Crippen molar-refractivity contribution in [2.45, 2.75) is 43.2 Å². The zero-order valence-electron chi connectivity index (χ0n) is 13.8. The smallest absolute Gasteiger partial charge is 0.262 e. The van der Waals surface area contributed by atoms with E-state index < -0.39 is 10.0 Å². The van der Waals surface area contributed by atoms with Crippen molar-refractivity contribution in [1.29, 1.82) is 0 Å². The predicted octanol–water partition coefficient (Wildman–Crippen LogP) is 2.30.